The molecule has 516 valence electrons. The molecule has 0 saturated carbocycles. The summed E-state index contributed by atoms with van der Waals surface area (Å²) in [5, 5.41) is 136. The quantitative estimate of drug-likeness (QED) is 0.0264. The van der Waals surface area contributed by atoms with E-state index >= 15 is 0 Å². The van der Waals surface area contributed by atoms with Gasteiger partial charge in [-0.1, -0.05) is 219 Å². The lowest BCUT2D eigenvalue weighted by atomic mass is 9.88. The number of carboxylic acid groups (broad SMARTS) is 1. The van der Waals surface area contributed by atoms with Gasteiger partial charge in [-0.05, 0) is 19.3 Å². The lowest BCUT2D eigenvalue weighted by Crippen LogP contribution is -2.70. The van der Waals surface area contributed by atoms with E-state index in [-0.39, 0.29) is 12.3 Å². The van der Waals surface area contributed by atoms with E-state index in [1.54, 1.807) is 6.08 Å². The summed E-state index contributed by atoms with van der Waals surface area (Å²) >= 11 is 0. The highest BCUT2D eigenvalue weighted by molar-refractivity contribution is 5.77. The van der Waals surface area contributed by atoms with Crippen LogP contribution < -0.4 is 10.6 Å². The van der Waals surface area contributed by atoms with E-state index in [9.17, 15) is 75.7 Å². The summed E-state index contributed by atoms with van der Waals surface area (Å²) in [6.07, 6.45) is 14.0. The minimum atomic E-state index is -3.08. The lowest BCUT2D eigenvalue weighted by molar-refractivity contribution is -0.386. The van der Waals surface area contributed by atoms with E-state index in [0.29, 0.717) is 12.8 Å². The summed E-state index contributed by atoms with van der Waals surface area (Å²) in [6.45, 7) is 2.14. The zero-order valence-corrected chi connectivity index (χ0v) is 53.6. The van der Waals surface area contributed by atoms with Crippen molar-refractivity contribution in [3.8, 4) is 0 Å². The Morgan fingerprint density at radius 3 is 1.51 bits per heavy atom. The molecule has 3 saturated heterocycles. The second-order valence-corrected chi connectivity index (χ2v) is 25.0. The molecule has 18 atom stereocenters. The Labute approximate surface area is 524 Å². The second-order valence-electron chi connectivity index (χ2n) is 25.0. The molecule has 0 aliphatic carbocycles. The molecule has 3 fully saturated rings. The first-order valence-electron chi connectivity index (χ1n) is 34.1. The molecule has 0 bridgehead atoms. The van der Waals surface area contributed by atoms with Gasteiger partial charge in [-0.2, -0.15) is 0 Å². The van der Waals surface area contributed by atoms with E-state index in [1.165, 1.54) is 154 Å². The van der Waals surface area contributed by atoms with Crippen molar-refractivity contribution in [1.29, 1.82) is 0 Å². The Balaban J connectivity index is 1.60. The molecule has 23 heteroatoms. The number of ether oxygens (including phenoxy) is 6. The van der Waals surface area contributed by atoms with Crippen molar-refractivity contribution in [3.63, 3.8) is 0 Å². The second kappa shape index (κ2) is 46.5. The smallest absolute Gasteiger partial charge is 0.364 e. The average molecular weight is 1270 g/mol. The predicted molar refractivity (Wildman–Crippen MR) is 329 cm³/mol. The Hall–Kier alpha value is -2.53. The molecular weight excluding hydrogens is 1140 g/mol. The van der Waals surface area contributed by atoms with Gasteiger partial charge >= 0.3 is 5.97 Å². The number of amides is 2. The highest BCUT2D eigenvalue weighted by Gasteiger charge is 2.60. The number of hydrogen-bond acceptors (Lipinski definition) is 20. The molecule has 0 radical (unpaired) electrons. The van der Waals surface area contributed by atoms with E-state index in [1.807, 2.05) is 6.08 Å². The number of rotatable bonds is 51. The SMILES string of the molecule is CCCCCCCCCCCCCC/C=C/C(O)C(COC1OC(CO)C(OC2OC(CO)C(O)C(OC3(C(=O)O)CC(O)C(NC(C)=O)C(C(O)C(O)CO)O3)C2O)C(O)C1O)NC(=O)CCCCCCCCCCCCCCCCCCCCCC. The van der Waals surface area contributed by atoms with E-state index in [0.717, 1.165) is 51.9 Å². The zero-order chi connectivity index (χ0) is 64.7. The third kappa shape index (κ3) is 29.2. The Morgan fingerprint density at radius 1 is 0.591 bits per heavy atom. The highest BCUT2D eigenvalue weighted by Crippen LogP contribution is 2.39. The lowest BCUT2D eigenvalue weighted by Gasteiger charge is -2.50. The van der Waals surface area contributed by atoms with Crippen molar-refractivity contribution in [2.45, 2.75) is 355 Å². The summed E-state index contributed by atoms with van der Waals surface area (Å²) in [6, 6.07) is -2.61. The van der Waals surface area contributed by atoms with Gasteiger partial charge in [0, 0.05) is 19.8 Å². The first-order valence-corrected chi connectivity index (χ1v) is 34.1. The first kappa shape index (κ1) is 79.7. The van der Waals surface area contributed by atoms with Crippen molar-refractivity contribution in [1.82, 2.24) is 10.6 Å². The molecule has 2 amide bonds. The highest BCUT2D eigenvalue weighted by atomic mass is 16.8. The van der Waals surface area contributed by atoms with Crippen molar-refractivity contribution in [2.75, 3.05) is 26.4 Å². The average Bonchev–Trinajstić information content (AvgIpc) is 0.809. The van der Waals surface area contributed by atoms with Gasteiger partial charge in [-0.25, -0.2) is 4.79 Å². The topological polar surface area (TPSA) is 373 Å². The minimum absolute atomic E-state index is 0.205. The van der Waals surface area contributed by atoms with Crippen molar-refractivity contribution >= 4 is 17.8 Å². The molecule has 23 nitrogen and oxygen atoms in total. The Morgan fingerprint density at radius 2 is 1.06 bits per heavy atom. The molecule has 18 unspecified atom stereocenters. The van der Waals surface area contributed by atoms with Gasteiger partial charge in [-0.15, -0.1) is 0 Å². The largest absolute Gasteiger partial charge is 0.477 e. The molecule has 14 N–H and O–H groups in total. The predicted octanol–water partition coefficient (Wildman–Crippen LogP) is 5.51. The number of hydrogen-bond donors (Lipinski definition) is 14. The standard InChI is InChI=1S/C65H120N2O21/c1-4-6-8-10-12-14-16-18-20-21-22-23-24-25-27-29-31-33-35-37-39-52(75)67-46(47(72)38-36-34-32-30-28-26-19-17-15-13-11-9-7-5-2)44-83-62-57(79)56(78)59(51(43-70)85-62)86-63-58(80)61(55(77)50(42-69)84-63)88-65(64(81)82)40-48(73)53(66-45(3)71)60(87-65)54(76)49(74)41-68/h36,38,46-51,53-63,68-70,72-74,76-80H,4-35,37,39-44H2,1-3H3,(H,66,71)(H,67,75)(H,81,82)/b38-36+. The van der Waals surface area contributed by atoms with Gasteiger partial charge in [0.15, 0.2) is 12.6 Å². The van der Waals surface area contributed by atoms with Gasteiger partial charge < -0.3 is 100 Å². The Bertz CT molecular complexity index is 1840. The van der Waals surface area contributed by atoms with Gasteiger partial charge in [0.05, 0.1) is 50.7 Å². The maximum absolute atomic E-state index is 13.4. The molecule has 3 aliphatic rings. The van der Waals surface area contributed by atoms with Crippen LogP contribution in [-0.2, 0) is 42.8 Å². The summed E-state index contributed by atoms with van der Waals surface area (Å²) < 4.78 is 34.8. The maximum atomic E-state index is 13.4. The van der Waals surface area contributed by atoms with Crippen LogP contribution in [0.25, 0.3) is 0 Å². The van der Waals surface area contributed by atoms with Gasteiger partial charge in [-0.3, -0.25) is 9.59 Å². The monoisotopic (exact) mass is 1260 g/mol. The molecule has 0 spiro atoms. The third-order valence-corrected chi connectivity index (χ3v) is 17.5. The van der Waals surface area contributed by atoms with E-state index in [4.69, 9.17) is 28.4 Å². The summed E-state index contributed by atoms with van der Waals surface area (Å²) in [4.78, 5) is 38.5. The number of allylic oxidation sites excluding steroid dienone is 1. The van der Waals surface area contributed by atoms with E-state index < -0.39 is 155 Å². The number of aliphatic hydroxyl groups is 11. The fourth-order valence-corrected chi connectivity index (χ4v) is 12.0. The number of aliphatic carboxylic acids is 1. The fraction of sp³-hybridized carbons (Fsp3) is 0.923. The number of carbonyl (C=O) groups is 3. The van der Waals surface area contributed by atoms with E-state index in [2.05, 4.69) is 24.5 Å². The van der Waals surface area contributed by atoms with Crippen LogP contribution in [0, 0.1) is 0 Å². The van der Waals surface area contributed by atoms with Crippen LogP contribution in [0.3, 0.4) is 0 Å². The Kier molecular flexibility index (Phi) is 42.1. The molecular formula is C65H120N2O21. The molecule has 3 heterocycles. The molecule has 0 aromatic heterocycles. The van der Waals surface area contributed by atoms with Gasteiger partial charge in [0.2, 0.25) is 11.8 Å². The van der Waals surface area contributed by atoms with Crippen LogP contribution in [0.15, 0.2) is 12.2 Å². The number of carbonyl (C=O) groups excluding carboxylic acids is 2. The van der Waals surface area contributed by atoms with Crippen molar-refractivity contribution in [2.24, 2.45) is 0 Å². The maximum Gasteiger partial charge on any atom is 0.364 e. The van der Waals surface area contributed by atoms with Crippen molar-refractivity contribution in [3.05, 3.63) is 12.2 Å². The third-order valence-electron chi connectivity index (χ3n) is 17.5. The molecule has 0 aromatic carbocycles. The number of aliphatic hydroxyl groups excluding tert-OH is 11. The zero-order valence-electron chi connectivity index (χ0n) is 53.6. The minimum Gasteiger partial charge on any atom is -0.477 e. The molecule has 88 heavy (non-hydrogen) atoms. The van der Waals surface area contributed by atoms with Gasteiger partial charge in [0.1, 0.15) is 67.1 Å². The van der Waals surface area contributed by atoms with Crippen LogP contribution in [0.4, 0.5) is 0 Å². The number of nitrogens with one attached hydrogen (secondary N) is 2. The fourth-order valence-electron chi connectivity index (χ4n) is 12.0. The summed E-state index contributed by atoms with van der Waals surface area (Å²) in [5.41, 5.74) is 0. The van der Waals surface area contributed by atoms with Crippen LogP contribution in [0.1, 0.15) is 245 Å². The van der Waals surface area contributed by atoms with Crippen LogP contribution in [-0.4, -0.2) is 215 Å². The van der Waals surface area contributed by atoms with Gasteiger partial charge in [0.25, 0.3) is 5.79 Å². The molecule has 3 rings (SSSR count). The first-order chi connectivity index (χ1) is 42.4. The summed E-state index contributed by atoms with van der Waals surface area (Å²) in [7, 11) is 0. The normalized spacial score (nSPS) is 29.0. The summed E-state index contributed by atoms with van der Waals surface area (Å²) in [5.74, 6) is -6.14. The molecule has 3 aliphatic heterocycles. The van der Waals surface area contributed by atoms with Crippen LogP contribution in [0.2, 0.25) is 0 Å². The number of carboxylic acids is 1. The van der Waals surface area contributed by atoms with Crippen LogP contribution >= 0.6 is 0 Å². The van der Waals surface area contributed by atoms with Crippen LogP contribution in [0.5, 0.6) is 0 Å². The molecule has 0 aromatic rings. The van der Waals surface area contributed by atoms with Crippen molar-refractivity contribution < 1.29 is 104 Å². The number of unbranched alkanes of at least 4 members (excludes halogenated alkanes) is 31.